The minimum absolute atomic E-state index is 0.0108. The highest BCUT2D eigenvalue weighted by Crippen LogP contribution is 2.38. The fourth-order valence-electron chi connectivity index (χ4n) is 5.00. The highest BCUT2D eigenvalue weighted by atomic mass is 32.2. The van der Waals surface area contributed by atoms with Crippen molar-refractivity contribution in [3.05, 3.63) is 59.2 Å². The van der Waals surface area contributed by atoms with Gasteiger partial charge in [-0.3, -0.25) is 4.79 Å². The number of thioether (sulfide) groups is 1. The van der Waals surface area contributed by atoms with E-state index in [2.05, 4.69) is 25.1 Å². The number of anilines is 1. The molecule has 19 heteroatoms. The summed E-state index contributed by atoms with van der Waals surface area (Å²) in [4.78, 5) is 49.2. The van der Waals surface area contributed by atoms with Crippen LogP contribution in [0.4, 0.5) is 28.0 Å². The molecule has 50 heavy (non-hydrogen) atoms. The molecule has 2 aromatic carbocycles. The Bertz CT molecular complexity index is 1790. The molecular weight excluding hydrogens is 692 g/mol. The molecule has 0 spiro atoms. The molecular formula is C31H32F4N6O8S. The number of hydrogen-bond acceptors (Lipinski definition) is 12. The number of nitrogens with two attached hydrogens (primary N) is 1. The van der Waals surface area contributed by atoms with Gasteiger partial charge in [-0.2, -0.15) is 18.2 Å². The van der Waals surface area contributed by atoms with E-state index in [9.17, 15) is 32.7 Å². The average molecular weight is 725 g/mol. The predicted molar refractivity (Wildman–Crippen MR) is 168 cm³/mol. The summed E-state index contributed by atoms with van der Waals surface area (Å²) in [5.74, 6) is -4.88. The number of carbonyl (C=O) groups is 3. The first-order valence-corrected chi connectivity index (χ1v) is 16.1. The van der Waals surface area contributed by atoms with Crippen LogP contribution in [0.25, 0.3) is 11.4 Å². The van der Waals surface area contributed by atoms with Crippen molar-refractivity contribution in [2.75, 3.05) is 23.9 Å². The van der Waals surface area contributed by atoms with E-state index in [1.165, 1.54) is 35.2 Å². The first-order chi connectivity index (χ1) is 23.5. The van der Waals surface area contributed by atoms with E-state index in [0.29, 0.717) is 16.9 Å². The van der Waals surface area contributed by atoms with Crippen molar-refractivity contribution in [2.45, 2.75) is 68.5 Å². The molecule has 2 aliphatic rings. The molecule has 2 aliphatic heterocycles. The quantitative estimate of drug-likeness (QED) is 0.0991. The number of ether oxygens (including phenoxy) is 2. The lowest BCUT2D eigenvalue weighted by molar-refractivity contribution is -0.171. The third-order valence-corrected chi connectivity index (χ3v) is 8.59. The minimum atomic E-state index is -4.83. The monoisotopic (exact) mass is 724 g/mol. The number of benzene rings is 2. The second kappa shape index (κ2) is 14.2. The molecule has 0 saturated carbocycles. The van der Waals surface area contributed by atoms with E-state index in [1.54, 1.807) is 20.8 Å². The lowest BCUT2D eigenvalue weighted by Gasteiger charge is -2.27. The topological polar surface area (TPSA) is 192 Å². The van der Waals surface area contributed by atoms with E-state index >= 15 is 4.39 Å². The largest absolute Gasteiger partial charge is 0.471 e. The number of hydrogen-bond donors (Lipinski definition) is 3. The second-order valence-electron chi connectivity index (χ2n) is 12.3. The van der Waals surface area contributed by atoms with Crippen molar-refractivity contribution < 1.29 is 55.9 Å². The molecule has 4 N–H and O–H groups in total. The number of halogens is 4. The van der Waals surface area contributed by atoms with E-state index in [0.717, 1.165) is 17.8 Å². The Morgan fingerprint density at radius 2 is 1.94 bits per heavy atom. The van der Waals surface area contributed by atoms with Crippen LogP contribution in [0.2, 0.25) is 0 Å². The lowest BCUT2D eigenvalue weighted by atomic mass is 10.0. The number of rotatable bonds is 8. The van der Waals surface area contributed by atoms with Crippen molar-refractivity contribution in [2.24, 2.45) is 10.9 Å². The van der Waals surface area contributed by atoms with Gasteiger partial charge < -0.3 is 39.9 Å². The van der Waals surface area contributed by atoms with Crippen LogP contribution in [0.3, 0.4) is 0 Å². The highest BCUT2D eigenvalue weighted by Gasteiger charge is 2.45. The van der Waals surface area contributed by atoms with E-state index in [1.807, 2.05) is 0 Å². The number of alkyl halides is 3. The maximum Gasteiger partial charge on any atom is 0.471 e. The Kier molecular flexibility index (Phi) is 10.4. The summed E-state index contributed by atoms with van der Waals surface area (Å²) in [5, 5.41) is 19.2. The number of aliphatic hydroxyl groups excluding tert-OH is 1. The minimum Gasteiger partial charge on any atom is -0.444 e. The van der Waals surface area contributed by atoms with Crippen molar-refractivity contribution in [3.8, 4) is 11.4 Å². The Hall–Kier alpha value is -4.75. The van der Waals surface area contributed by atoms with Gasteiger partial charge in [0.05, 0.1) is 24.4 Å². The molecule has 2 atom stereocenters. The summed E-state index contributed by atoms with van der Waals surface area (Å²) >= 11 is 1.07. The number of oxime groups is 1. The van der Waals surface area contributed by atoms with Gasteiger partial charge in [0.1, 0.15) is 17.5 Å². The molecule has 2 amide bonds. The van der Waals surface area contributed by atoms with Gasteiger partial charge in [0, 0.05) is 22.8 Å². The normalized spacial score (nSPS) is 19.9. The maximum atomic E-state index is 15.5. The van der Waals surface area contributed by atoms with Gasteiger partial charge in [0.15, 0.2) is 11.4 Å². The number of nitrogens with one attached hydrogen (secondary N) is 1. The van der Waals surface area contributed by atoms with Crippen molar-refractivity contribution in [1.29, 1.82) is 0 Å². The Morgan fingerprint density at radius 1 is 1.22 bits per heavy atom. The fraction of sp³-hybridized carbons (Fsp3) is 0.419. The number of aliphatic hydroxyl groups is 1. The predicted octanol–water partition coefficient (Wildman–Crippen LogP) is 4.13. The van der Waals surface area contributed by atoms with Crippen LogP contribution in [-0.2, 0) is 36.6 Å². The standard InChI is InChI=1S/C31H32F4N6O8S/c1-29(2,3)47-28(45)37-20-14-50-22-12-19(32)18(23(36)39-49-27(44)30(15-42)9-4-10-46-30)11-21(22)41(25(20)43)13-16-5-7-17(8-6-16)24-38-26(48-40-24)31(33,34)35/h5-8,11-12,20,42H,4,9-10,13-15H2,1-3H3,(H2,36,39)(H,37,45)/t20-,30?/m0/s1. The molecule has 5 rings (SSSR count). The summed E-state index contributed by atoms with van der Waals surface area (Å²) < 4.78 is 69.3. The summed E-state index contributed by atoms with van der Waals surface area (Å²) in [6, 6.07) is 7.10. The fourth-order valence-corrected chi connectivity index (χ4v) is 6.08. The van der Waals surface area contributed by atoms with Gasteiger partial charge in [0.2, 0.25) is 5.82 Å². The average Bonchev–Trinajstić information content (AvgIpc) is 3.73. The van der Waals surface area contributed by atoms with Crippen LogP contribution >= 0.6 is 11.8 Å². The molecule has 3 aromatic rings. The Balaban J connectivity index is 1.46. The van der Waals surface area contributed by atoms with Gasteiger partial charge in [-0.1, -0.05) is 34.6 Å². The summed E-state index contributed by atoms with van der Waals surface area (Å²) in [5.41, 5.74) is 4.07. The smallest absolute Gasteiger partial charge is 0.444 e. The van der Waals surface area contributed by atoms with Crippen molar-refractivity contribution >= 4 is 41.3 Å². The molecule has 1 unspecified atom stereocenters. The molecule has 14 nitrogen and oxygen atoms in total. The number of fused-ring (bicyclic) bond motifs is 1. The summed E-state index contributed by atoms with van der Waals surface area (Å²) in [6.45, 7) is 4.35. The zero-order valence-corrected chi connectivity index (χ0v) is 27.7. The highest BCUT2D eigenvalue weighted by molar-refractivity contribution is 7.99. The van der Waals surface area contributed by atoms with Gasteiger partial charge in [-0.15, -0.1) is 11.8 Å². The first-order valence-electron chi connectivity index (χ1n) is 15.1. The number of alkyl carbamates (subject to hydrolysis) is 1. The lowest BCUT2D eigenvalue weighted by Crippen LogP contribution is -2.50. The second-order valence-corrected chi connectivity index (χ2v) is 13.4. The molecule has 1 fully saturated rings. The van der Waals surface area contributed by atoms with Gasteiger partial charge >= 0.3 is 24.1 Å². The zero-order valence-electron chi connectivity index (χ0n) is 26.9. The van der Waals surface area contributed by atoms with Crippen LogP contribution in [0, 0.1) is 5.82 Å². The number of nitrogens with zero attached hydrogens (tertiary/aromatic N) is 4. The number of carbonyl (C=O) groups excluding carboxylic acids is 3. The van der Waals surface area contributed by atoms with Crippen molar-refractivity contribution in [3.63, 3.8) is 0 Å². The SMILES string of the molecule is CC(C)(C)OC(=O)N[C@H]1CSc2cc(F)c(/C(N)=N/OC(=O)C3(CO)CCCO3)cc2N(Cc2ccc(-c3noc(C(F)(F)F)n3)cc2)C1=O. The molecule has 1 aromatic heterocycles. The summed E-state index contributed by atoms with van der Waals surface area (Å²) in [7, 11) is 0. The van der Waals surface area contributed by atoms with Crippen LogP contribution < -0.4 is 16.0 Å². The molecule has 0 radical (unpaired) electrons. The Labute approximate surface area is 286 Å². The number of aromatic nitrogens is 2. The van der Waals surface area contributed by atoms with Crippen LogP contribution in [0.15, 0.2) is 51.0 Å². The third-order valence-electron chi connectivity index (χ3n) is 7.45. The summed E-state index contributed by atoms with van der Waals surface area (Å²) in [6.07, 6.45) is -5.00. The van der Waals surface area contributed by atoms with E-state index in [-0.39, 0.29) is 48.0 Å². The van der Waals surface area contributed by atoms with E-state index in [4.69, 9.17) is 20.0 Å². The van der Waals surface area contributed by atoms with E-state index < -0.39 is 65.5 Å². The maximum absolute atomic E-state index is 15.5. The molecule has 0 bridgehead atoms. The van der Waals surface area contributed by atoms with Crippen LogP contribution in [-0.4, -0.2) is 75.3 Å². The van der Waals surface area contributed by atoms with Crippen molar-refractivity contribution in [1.82, 2.24) is 15.5 Å². The molecule has 268 valence electrons. The molecule has 1 saturated heterocycles. The number of amidine groups is 1. The third kappa shape index (κ3) is 8.16. The van der Waals surface area contributed by atoms with Crippen LogP contribution in [0.1, 0.15) is 50.6 Å². The van der Waals surface area contributed by atoms with Gasteiger partial charge in [-0.25, -0.2) is 14.0 Å². The first kappa shape index (κ1) is 36.5. The molecule has 0 aliphatic carbocycles. The van der Waals surface area contributed by atoms with Crippen LogP contribution in [0.5, 0.6) is 0 Å². The zero-order chi connectivity index (χ0) is 36.4. The Morgan fingerprint density at radius 3 is 2.54 bits per heavy atom. The number of amides is 2. The molecule has 3 heterocycles. The van der Waals surface area contributed by atoms with Gasteiger partial charge in [0.25, 0.3) is 5.91 Å². The van der Waals surface area contributed by atoms with Gasteiger partial charge in [-0.05, 0) is 51.3 Å².